The molecule has 1 aliphatic rings. The van der Waals surface area contributed by atoms with Crippen molar-refractivity contribution in [3.63, 3.8) is 0 Å². The van der Waals surface area contributed by atoms with E-state index in [9.17, 15) is 24.3 Å². The minimum atomic E-state index is -1.08. The Morgan fingerprint density at radius 1 is 1.38 bits per heavy atom. The number of primary amides is 1. The predicted molar refractivity (Wildman–Crippen MR) is 115 cm³/mol. The minimum Gasteiger partial charge on any atom is -0.465 e. The maximum absolute atomic E-state index is 13.2. The molecule has 10 nitrogen and oxygen atoms in total. The number of anilines is 2. The van der Waals surface area contributed by atoms with Gasteiger partial charge in [-0.15, -0.1) is 0 Å². The number of nitriles is 1. The van der Waals surface area contributed by atoms with Crippen LogP contribution in [0.15, 0.2) is 30.5 Å². The molecule has 170 valence electrons. The van der Waals surface area contributed by atoms with Crippen molar-refractivity contribution >= 4 is 23.5 Å². The molecule has 32 heavy (non-hydrogen) atoms. The number of carboxylic acid groups (broad SMARTS) is 1. The number of hydrogen-bond donors (Lipinski definition) is 3. The Hall–Kier alpha value is -3.65. The Kier molecular flexibility index (Phi) is 6.64. The zero-order valence-corrected chi connectivity index (χ0v) is 18.1. The molecule has 3 rings (SSSR count). The third-order valence-corrected chi connectivity index (χ3v) is 5.96. The lowest BCUT2D eigenvalue weighted by Crippen LogP contribution is -2.58. The van der Waals surface area contributed by atoms with E-state index in [-0.39, 0.29) is 24.0 Å². The summed E-state index contributed by atoms with van der Waals surface area (Å²) in [6.45, 7) is 2.08. The Labute approximate surface area is 185 Å². The normalized spacial score (nSPS) is 21.8. The molecule has 11 heteroatoms. The summed E-state index contributed by atoms with van der Waals surface area (Å²) in [6.07, 6.45) is 0.730. The van der Waals surface area contributed by atoms with E-state index in [0.29, 0.717) is 12.1 Å². The van der Waals surface area contributed by atoms with Gasteiger partial charge >= 0.3 is 6.09 Å². The van der Waals surface area contributed by atoms with E-state index in [1.54, 1.807) is 0 Å². The molecule has 4 atom stereocenters. The molecular weight excluding hydrogens is 417 g/mol. The first-order valence-corrected chi connectivity index (χ1v) is 10.1. The molecule has 1 fully saturated rings. The Balaban J connectivity index is 1.98. The van der Waals surface area contributed by atoms with Crippen molar-refractivity contribution in [3.8, 4) is 6.07 Å². The van der Waals surface area contributed by atoms with Gasteiger partial charge in [-0.05, 0) is 51.7 Å². The van der Waals surface area contributed by atoms with Crippen molar-refractivity contribution < 1.29 is 19.1 Å². The highest BCUT2D eigenvalue weighted by Gasteiger charge is 2.45. The first-order chi connectivity index (χ1) is 15.1. The van der Waals surface area contributed by atoms with Crippen LogP contribution in [0, 0.1) is 23.1 Å². The smallest absolute Gasteiger partial charge is 0.407 e. The van der Waals surface area contributed by atoms with E-state index >= 15 is 0 Å². The summed E-state index contributed by atoms with van der Waals surface area (Å²) in [7, 11) is 3.65. The number of rotatable bonds is 6. The summed E-state index contributed by atoms with van der Waals surface area (Å²) in [4.78, 5) is 27.0. The molecule has 0 bridgehead atoms. The monoisotopic (exact) mass is 443 g/mol. The van der Waals surface area contributed by atoms with E-state index in [4.69, 9.17) is 5.73 Å². The summed E-state index contributed by atoms with van der Waals surface area (Å²) >= 11 is 0. The Morgan fingerprint density at radius 3 is 2.56 bits per heavy atom. The van der Waals surface area contributed by atoms with E-state index in [2.05, 4.69) is 16.5 Å². The molecule has 4 N–H and O–H groups in total. The van der Waals surface area contributed by atoms with Crippen LogP contribution in [0.25, 0.3) is 0 Å². The van der Waals surface area contributed by atoms with Crippen LogP contribution in [-0.2, 0) is 0 Å². The molecule has 2 aromatic rings. The molecule has 2 heterocycles. The molecule has 1 aliphatic heterocycles. The second-order valence-corrected chi connectivity index (χ2v) is 8.05. The van der Waals surface area contributed by atoms with Gasteiger partial charge in [0.1, 0.15) is 11.4 Å². The Morgan fingerprint density at radius 2 is 2.03 bits per heavy atom. The van der Waals surface area contributed by atoms with E-state index in [0.717, 1.165) is 0 Å². The van der Waals surface area contributed by atoms with Crippen LogP contribution < -0.4 is 11.1 Å². The van der Waals surface area contributed by atoms with Gasteiger partial charge < -0.3 is 26.0 Å². The molecule has 0 aliphatic carbocycles. The zero-order valence-electron chi connectivity index (χ0n) is 18.1. The van der Waals surface area contributed by atoms with Crippen molar-refractivity contribution in [1.29, 1.82) is 5.26 Å². The third kappa shape index (κ3) is 4.50. The first kappa shape index (κ1) is 23.0. The molecule has 4 unspecified atom stereocenters. The number of nitrogens with two attached hydrogens (primary N) is 1. The van der Waals surface area contributed by atoms with Crippen LogP contribution in [0.5, 0.6) is 0 Å². The summed E-state index contributed by atoms with van der Waals surface area (Å²) in [6, 6.07) is 6.50. The zero-order chi connectivity index (χ0) is 23.6. The fourth-order valence-electron chi connectivity index (χ4n) is 4.07. The van der Waals surface area contributed by atoms with E-state index < -0.39 is 35.8 Å². The van der Waals surface area contributed by atoms with Gasteiger partial charge in [-0.3, -0.25) is 9.48 Å². The highest BCUT2D eigenvalue weighted by molar-refractivity contribution is 5.98. The molecule has 0 spiro atoms. The number of benzene rings is 1. The number of nitrogens with zero attached hydrogens (tertiary/aromatic N) is 5. The topological polar surface area (TPSA) is 141 Å². The number of aromatic nitrogens is 2. The van der Waals surface area contributed by atoms with E-state index in [1.165, 1.54) is 40.0 Å². The van der Waals surface area contributed by atoms with Crippen LogP contribution in [0.2, 0.25) is 0 Å². The summed E-state index contributed by atoms with van der Waals surface area (Å²) in [5.74, 6) is -1.65. The fourth-order valence-corrected chi connectivity index (χ4v) is 4.07. The fraction of sp³-hybridized carbons (Fsp3) is 0.429. The molecule has 0 radical (unpaired) electrons. The highest BCUT2D eigenvalue weighted by atomic mass is 19.1. The minimum absolute atomic E-state index is 0.115. The lowest BCUT2D eigenvalue weighted by atomic mass is 9.82. The van der Waals surface area contributed by atoms with Crippen molar-refractivity contribution in [1.82, 2.24) is 19.6 Å². The van der Waals surface area contributed by atoms with Gasteiger partial charge in [-0.1, -0.05) is 0 Å². The van der Waals surface area contributed by atoms with Gasteiger partial charge in [0.15, 0.2) is 5.82 Å². The predicted octanol–water partition coefficient (Wildman–Crippen LogP) is 2.25. The number of piperidine rings is 1. The van der Waals surface area contributed by atoms with Crippen LogP contribution >= 0.6 is 0 Å². The average Bonchev–Trinajstić information content (AvgIpc) is 3.17. The van der Waals surface area contributed by atoms with Crippen LogP contribution in [0.1, 0.15) is 29.7 Å². The second kappa shape index (κ2) is 9.23. The number of likely N-dealkylation sites (N-methyl/N-ethyl adjacent to an activating group) is 1. The summed E-state index contributed by atoms with van der Waals surface area (Å²) < 4.78 is 14.7. The molecule has 1 aromatic carbocycles. The number of halogens is 1. The molecule has 1 saturated heterocycles. The standard InChI is InChI=1S/C21H26FN7O3/c1-12(27(2)3)18-15(10-23)17(8-9-28(18)21(31)32)29-11-16(19(24)30)20(26-29)25-14-6-4-13(22)5-7-14/h4-7,11-12,15,17-18H,8-9H2,1-3H3,(H2,24,30)(H,25,26)(H,31,32). The number of carbonyl (C=O) groups is 2. The van der Waals surface area contributed by atoms with Crippen molar-refractivity contribution in [2.24, 2.45) is 11.7 Å². The lowest BCUT2D eigenvalue weighted by Gasteiger charge is -2.45. The summed E-state index contributed by atoms with van der Waals surface area (Å²) in [5, 5.41) is 27.1. The van der Waals surface area contributed by atoms with Gasteiger partial charge in [-0.25, -0.2) is 9.18 Å². The van der Waals surface area contributed by atoms with Crippen LogP contribution in [-0.4, -0.2) is 69.4 Å². The molecule has 1 aromatic heterocycles. The van der Waals surface area contributed by atoms with Gasteiger partial charge in [0.05, 0.1) is 24.1 Å². The molecule has 0 saturated carbocycles. The van der Waals surface area contributed by atoms with Gasteiger partial charge in [-0.2, -0.15) is 10.4 Å². The number of nitrogens with one attached hydrogen (secondary N) is 1. The number of likely N-dealkylation sites (tertiary alicyclic amines) is 1. The van der Waals surface area contributed by atoms with Crippen LogP contribution in [0.3, 0.4) is 0 Å². The summed E-state index contributed by atoms with van der Waals surface area (Å²) in [5.41, 5.74) is 6.15. The van der Waals surface area contributed by atoms with Crippen LogP contribution in [0.4, 0.5) is 20.7 Å². The maximum Gasteiger partial charge on any atom is 0.407 e. The van der Waals surface area contributed by atoms with E-state index in [1.807, 2.05) is 25.9 Å². The average molecular weight is 443 g/mol. The number of carbonyl (C=O) groups excluding carboxylic acids is 1. The van der Waals surface area contributed by atoms with Crippen molar-refractivity contribution in [2.75, 3.05) is 26.0 Å². The van der Waals surface area contributed by atoms with Crippen molar-refractivity contribution in [3.05, 3.63) is 41.8 Å². The quantitative estimate of drug-likeness (QED) is 0.622. The first-order valence-electron chi connectivity index (χ1n) is 10.1. The number of amides is 2. The second-order valence-electron chi connectivity index (χ2n) is 8.05. The van der Waals surface area contributed by atoms with Gasteiger partial charge in [0.25, 0.3) is 5.91 Å². The SMILES string of the molecule is CC(C1C(C#N)C(n2cc(C(N)=O)c(Nc3ccc(F)cc3)n2)CCN1C(=O)O)N(C)C. The van der Waals surface area contributed by atoms with Gasteiger partial charge in [0, 0.05) is 24.5 Å². The largest absolute Gasteiger partial charge is 0.465 e. The lowest BCUT2D eigenvalue weighted by molar-refractivity contribution is 0.0315. The maximum atomic E-state index is 13.2. The molecule has 2 amide bonds. The number of hydrogen-bond acceptors (Lipinski definition) is 6. The molecular formula is C21H26FN7O3. The third-order valence-electron chi connectivity index (χ3n) is 5.96. The van der Waals surface area contributed by atoms with Gasteiger partial charge in [0.2, 0.25) is 0 Å². The highest BCUT2D eigenvalue weighted by Crippen LogP contribution is 2.36. The Bertz CT molecular complexity index is 1030. The van der Waals surface area contributed by atoms with Crippen molar-refractivity contribution in [2.45, 2.75) is 31.5 Å².